The van der Waals surface area contributed by atoms with E-state index in [1.807, 2.05) is 5.32 Å². The third-order valence-electron chi connectivity index (χ3n) is 3.62. The number of urea groups is 1. The van der Waals surface area contributed by atoms with Gasteiger partial charge in [0.05, 0.1) is 10.5 Å². The van der Waals surface area contributed by atoms with E-state index in [0.717, 1.165) is 6.07 Å². The smallest absolute Gasteiger partial charge is 0.416 e. The first-order valence-corrected chi connectivity index (χ1v) is 7.61. The largest absolute Gasteiger partial charge is 0.450 e. The SMILES string of the molecule is O=C1NC(=O)/C(=C\c2ccc(Oc3ccc(C(F)(F)F)cc3[N+](=O)[O-])cc2)N1. The van der Waals surface area contributed by atoms with Crippen molar-refractivity contribution in [2.75, 3.05) is 0 Å². The molecule has 3 rings (SSSR count). The molecule has 1 aliphatic heterocycles. The van der Waals surface area contributed by atoms with Crippen LogP contribution < -0.4 is 15.4 Å². The molecule has 0 spiro atoms. The highest BCUT2D eigenvalue weighted by atomic mass is 19.4. The van der Waals surface area contributed by atoms with Crippen LogP contribution in [0.5, 0.6) is 11.5 Å². The summed E-state index contributed by atoms with van der Waals surface area (Å²) >= 11 is 0. The summed E-state index contributed by atoms with van der Waals surface area (Å²) in [4.78, 5) is 32.6. The molecule has 1 aliphatic rings. The molecule has 3 amide bonds. The van der Waals surface area contributed by atoms with Crippen LogP contribution in [-0.4, -0.2) is 16.9 Å². The van der Waals surface area contributed by atoms with E-state index in [1.165, 1.54) is 30.3 Å². The highest BCUT2D eigenvalue weighted by Gasteiger charge is 2.33. The predicted molar refractivity (Wildman–Crippen MR) is 89.3 cm³/mol. The minimum absolute atomic E-state index is 0.0389. The number of benzene rings is 2. The van der Waals surface area contributed by atoms with Crippen LogP contribution >= 0.6 is 0 Å². The second-order valence-electron chi connectivity index (χ2n) is 5.57. The Bertz CT molecular complexity index is 1000. The van der Waals surface area contributed by atoms with Gasteiger partial charge in [0.25, 0.3) is 5.91 Å². The minimum atomic E-state index is -4.72. The van der Waals surface area contributed by atoms with Crippen molar-refractivity contribution in [3.05, 3.63) is 69.4 Å². The zero-order chi connectivity index (χ0) is 20.5. The zero-order valence-electron chi connectivity index (χ0n) is 13.7. The Labute approximate surface area is 154 Å². The highest BCUT2D eigenvalue weighted by molar-refractivity contribution is 6.13. The van der Waals surface area contributed by atoms with Gasteiger partial charge in [0.1, 0.15) is 11.4 Å². The Morgan fingerprint density at radius 2 is 1.71 bits per heavy atom. The van der Waals surface area contributed by atoms with Crippen molar-refractivity contribution in [2.24, 2.45) is 0 Å². The fourth-order valence-electron chi connectivity index (χ4n) is 2.33. The number of nitrogens with zero attached hydrogens (tertiary/aromatic N) is 1. The van der Waals surface area contributed by atoms with Gasteiger partial charge in [-0.05, 0) is 35.9 Å². The Morgan fingerprint density at radius 3 is 2.25 bits per heavy atom. The van der Waals surface area contributed by atoms with Crippen molar-refractivity contribution < 1.29 is 32.4 Å². The molecule has 0 aliphatic carbocycles. The second-order valence-corrected chi connectivity index (χ2v) is 5.57. The summed E-state index contributed by atoms with van der Waals surface area (Å²) in [7, 11) is 0. The Balaban J connectivity index is 1.83. The summed E-state index contributed by atoms with van der Waals surface area (Å²) < 4.78 is 43.5. The van der Waals surface area contributed by atoms with Crippen LogP contribution in [0.15, 0.2) is 48.2 Å². The number of halogens is 3. The molecule has 0 unspecified atom stereocenters. The van der Waals surface area contributed by atoms with Gasteiger partial charge in [-0.25, -0.2) is 4.79 Å². The van der Waals surface area contributed by atoms with Gasteiger partial charge in [-0.2, -0.15) is 13.2 Å². The molecule has 0 bridgehead atoms. The minimum Gasteiger partial charge on any atom is -0.450 e. The van der Waals surface area contributed by atoms with Gasteiger partial charge in [-0.3, -0.25) is 20.2 Å². The fraction of sp³-hybridized carbons (Fsp3) is 0.0588. The first-order valence-electron chi connectivity index (χ1n) is 7.61. The molecule has 11 heteroatoms. The van der Waals surface area contributed by atoms with E-state index in [9.17, 15) is 32.9 Å². The Hall–Kier alpha value is -3.89. The van der Waals surface area contributed by atoms with E-state index >= 15 is 0 Å². The second kappa shape index (κ2) is 7.02. The number of ether oxygens (including phenoxy) is 1. The molecule has 8 nitrogen and oxygen atoms in total. The molecule has 0 saturated carbocycles. The topological polar surface area (TPSA) is 111 Å². The first-order chi connectivity index (χ1) is 13.1. The first kappa shape index (κ1) is 18.9. The standard InChI is InChI=1S/C17H10F3N3O5/c18-17(19,20)10-3-6-14(13(8-10)23(26)27)28-11-4-1-9(2-5-11)7-12-15(24)22-16(25)21-12/h1-8H,(H2,21,22,24,25)/b12-7+. The number of carbonyl (C=O) groups excluding carboxylic acids is 2. The Morgan fingerprint density at radius 1 is 1.04 bits per heavy atom. The van der Waals surface area contributed by atoms with Gasteiger partial charge in [0.2, 0.25) is 5.75 Å². The summed E-state index contributed by atoms with van der Waals surface area (Å²) in [6, 6.07) is 7.11. The molecule has 1 saturated heterocycles. The molecule has 1 heterocycles. The molecular weight excluding hydrogens is 383 g/mol. The summed E-state index contributed by atoms with van der Waals surface area (Å²) in [5.41, 5.74) is -1.43. The molecule has 28 heavy (non-hydrogen) atoms. The van der Waals surface area contributed by atoms with E-state index in [1.54, 1.807) is 0 Å². The average molecular weight is 393 g/mol. The number of hydrogen-bond donors (Lipinski definition) is 2. The summed E-state index contributed by atoms with van der Waals surface area (Å²) in [5, 5.41) is 15.4. The lowest BCUT2D eigenvalue weighted by Crippen LogP contribution is -2.22. The molecule has 2 aromatic rings. The lowest BCUT2D eigenvalue weighted by Gasteiger charge is -2.10. The normalized spacial score (nSPS) is 15.3. The van der Waals surface area contributed by atoms with Crippen LogP contribution in [0.4, 0.5) is 23.7 Å². The summed E-state index contributed by atoms with van der Waals surface area (Å²) in [5.74, 6) is -0.817. The third-order valence-corrected chi connectivity index (χ3v) is 3.62. The van der Waals surface area contributed by atoms with Gasteiger partial charge in [-0.1, -0.05) is 12.1 Å². The molecule has 144 valence electrons. The number of alkyl halides is 3. The van der Waals surface area contributed by atoms with Crippen molar-refractivity contribution in [3.63, 3.8) is 0 Å². The molecule has 2 N–H and O–H groups in total. The summed E-state index contributed by atoms with van der Waals surface area (Å²) in [6.07, 6.45) is -3.33. The maximum Gasteiger partial charge on any atom is 0.416 e. The maximum absolute atomic E-state index is 12.7. The third kappa shape index (κ3) is 4.09. The van der Waals surface area contributed by atoms with Gasteiger partial charge < -0.3 is 10.1 Å². The number of imide groups is 1. The number of nitro groups is 1. The number of rotatable bonds is 4. The van der Waals surface area contributed by atoms with Crippen LogP contribution in [0.2, 0.25) is 0 Å². The van der Waals surface area contributed by atoms with Gasteiger partial charge >= 0.3 is 17.9 Å². The molecule has 2 aromatic carbocycles. The van der Waals surface area contributed by atoms with Crippen LogP contribution in [0.1, 0.15) is 11.1 Å². The summed E-state index contributed by atoms with van der Waals surface area (Å²) in [6.45, 7) is 0. The fourth-order valence-corrected chi connectivity index (χ4v) is 2.33. The zero-order valence-corrected chi connectivity index (χ0v) is 13.7. The van der Waals surface area contributed by atoms with Crippen molar-refractivity contribution in [1.29, 1.82) is 0 Å². The van der Waals surface area contributed by atoms with Crippen molar-refractivity contribution in [1.82, 2.24) is 10.6 Å². The molecule has 0 aromatic heterocycles. The molecule has 0 radical (unpaired) electrons. The number of hydrogen-bond acceptors (Lipinski definition) is 5. The van der Waals surface area contributed by atoms with Crippen LogP contribution in [0.3, 0.4) is 0 Å². The molecule has 1 fully saturated rings. The predicted octanol–water partition coefficient (Wildman–Crippen LogP) is 3.59. The van der Waals surface area contributed by atoms with E-state index in [0.29, 0.717) is 17.7 Å². The number of nitrogens with one attached hydrogen (secondary N) is 2. The maximum atomic E-state index is 12.7. The van der Waals surface area contributed by atoms with Crippen LogP contribution in [0, 0.1) is 10.1 Å². The van der Waals surface area contributed by atoms with Crippen molar-refractivity contribution in [2.45, 2.75) is 6.18 Å². The van der Waals surface area contributed by atoms with E-state index in [2.05, 4.69) is 5.32 Å². The molecule has 0 atom stereocenters. The van der Waals surface area contributed by atoms with Crippen LogP contribution in [-0.2, 0) is 11.0 Å². The van der Waals surface area contributed by atoms with Crippen LogP contribution in [0.25, 0.3) is 6.08 Å². The van der Waals surface area contributed by atoms with Gasteiger partial charge in [0, 0.05) is 6.07 Å². The van der Waals surface area contributed by atoms with Gasteiger partial charge in [0.15, 0.2) is 0 Å². The lowest BCUT2D eigenvalue weighted by molar-refractivity contribution is -0.385. The molecular formula is C17H10F3N3O5. The number of amides is 3. The lowest BCUT2D eigenvalue weighted by atomic mass is 10.1. The van der Waals surface area contributed by atoms with Gasteiger partial charge in [-0.15, -0.1) is 0 Å². The number of carbonyl (C=O) groups is 2. The van der Waals surface area contributed by atoms with Crippen molar-refractivity contribution >= 4 is 23.7 Å². The van der Waals surface area contributed by atoms with E-state index in [4.69, 9.17) is 4.74 Å². The highest BCUT2D eigenvalue weighted by Crippen LogP contribution is 2.37. The van der Waals surface area contributed by atoms with Crippen molar-refractivity contribution in [3.8, 4) is 11.5 Å². The monoisotopic (exact) mass is 393 g/mol. The average Bonchev–Trinajstić information content (AvgIpc) is 2.93. The quantitative estimate of drug-likeness (QED) is 0.357. The Kier molecular flexibility index (Phi) is 4.74. The van der Waals surface area contributed by atoms with E-state index < -0.39 is 34.3 Å². The number of nitro benzene ring substituents is 1. The van der Waals surface area contributed by atoms with E-state index in [-0.39, 0.29) is 17.2 Å².